The van der Waals surface area contributed by atoms with E-state index in [4.69, 9.17) is 0 Å². The predicted octanol–water partition coefficient (Wildman–Crippen LogP) is 5.00. The molecule has 2 N–H and O–H groups in total. The maximum Gasteiger partial charge on any atom is 0.255 e. The average molecular weight is 368 g/mol. The molecule has 0 unspecified atom stereocenters. The molecule has 0 spiro atoms. The van der Waals surface area contributed by atoms with Gasteiger partial charge in [-0.25, -0.2) is 4.98 Å². The number of aromatic hydroxyl groups is 1. The Labute approximate surface area is 156 Å². The first-order valence-electron chi connectivity index (χ1n) is 8.20. The second-order valence-corrected chi connectivity index (χ2v) is 6.03. The maximum atomic E-state index is 12.1. The van der Waals surface area contributed by atoms with Gasteiger partial charge in [-0.3, -0.25) is 9.59 Å². The van der Waals surface area contributed by atoms with E-state index in [0.29, 0.717) is 16.3 Å². The van der Waals surface area contributed by atoms with Crippen LogP contribution in [-0.2, 0) is 0 Å². The number of rotatable bonds is 4. The monoisotopic (exact) mass is 368 g/mol. The topological polar surface area (TPSA) is 79.3 Å². The summed E-state index contributed by atoms with van der Waals surface area (Å²) in [5.41, 5.74) is 2.73. The van der Waals surface area contributed by atoms with Gasteiger partial charge in [0.05, 0.1) is 5.69 Å². The first-order valence-corrected chi connectivity index (χ1v) is 9.08. The lowest BCUT2D eigenvalue weighted by molar-refractivity contribution is 0.101. The third-order valence-corrected chi connectivity index (χ3v) is 4.32. The first kappa shape index (κ1) is 19.3. The summed E-state index contributed by atoms with van der Waals surface area (Å²) in [5.74, 6) is -0.191. The van der Waals surface area contributed by atoms with Crippen molar-refractivity contribution in [3.8, 4) is 17.0 Å². The number of carbonyl (C=O) groups excluding carboxylic acids is 2. The van der Waals surface area contributed by atoms with Crippen molar-refractivity contribution in [2.45, 2.75) is 20.8 Å². The van der Waals surface area contributed by atoms with Crippen LogP contribution in [0.25, 0.3) is 11.3 Å². The van der Waals surface area contributed by atoms with Gasteiger partial charge in [-0.05, 0) is 36.4 Å². The molecule has 6 heteroatoms. The third-order valence-electron chi connectivity index (χ3n) is 3.37. The number of anilines is 1. The molecule has 0 radical (unpaired) electrons. The van der Waals surface area contributed by atoms with Gasteiger partial charge in [-0.2, -0.15) is 0 Å². The van der Waals surface area contributed by atoms with Crippen molar-refractivity contribution in [2.75, 3.05) is 5.32 Å². The summed E-state index contributed by atoms with van der Waals surface area (Å²) in [6.07, 6.45) is 0. The summed E-state index contributed by atoms with van der Waals surface area (Å²) in [4.78, 5) is 27.7. The molecule has 0 aliphatic rings. The highest BCUT2D eigenvalue weighted by Crippen LogP contribution is 2.24. The molecule has 0 aliphatic carbocycles. The number of phenols is 1. The van der Waals surface area contributed by atoms with E-state index in [1.165, 1.54) is 30.4 Å². The lowest BCUT2D eigenvalue weighted by Gasteiger charge is -2.06. The second-order valence-electron chi connectivity index (χ2n) is 5.17. The Bertz CT molecular complexity index is 884. The number of phenolic OH excluding ortho intramolecular Hbond substituents is 1. The van der Waals surface area contributed by atoms with Gasteiger partial charge in [0.15, 0.2) is 10.8 Å². The minimum absolute atomic E-state index is 0.0518. The number of carbonyl (C=O) groups is 2. The van der Waals surface area contributed by atoms with Gasteiger partial charge >= 0.3 is 0 Å². The lowest BCUT2D eigenvalue weighted by atomic mass is 10.1. The summed E-state index contributed by atoms with van der Waals surface area (Å²) in [5, 5.41) is 14.3. The van der Waals surface area contributed by atoms with Crippen molar-refractivity contribution < 1.29 is 14.7 Å². The van der Waals surface area contributed by atoms with Crippen LogP contribution in [-0.4, -0.2) is 21.8 Å². The predicted molar refractivity (Wildman–Crippen MR) is 105 cm³/mol. The van der Waals surface area contributed by atoms with E-state index in [-0.39, 0.29) is 17.4 Å². The molecule has 3 aromatic rings. The Balaban J connectivity index is 0.00000117. The molecular weight excluding hydrogens is 348 g/mol. The number of amides is 1. The van der Waals surface area contributed by atoms with Crippen LogP contribution < -0.4 is 5.32 Å². The van der Waals surface area contributed by atoms with E-state index in [1.807, 2.05) is 31.4 Å². The van der Waals surface area contributed by atoms with Crippen LogP contribution in [0, 0.1) is 0 Å². The number of nitrogens with zero attached hydrogens (tertiary/aromatic N) is 1. The van der Waals surface area contributed by atoms with Gasteiger partial charge in [0.25, 0.3) is 5.91 Å². The molecule has 0 saturated carbocycles. The van der Waals surface area contributed by atoms with E-state index in [9.17, 15) is 14.7 Å². The van der Waals surface area contributed by atoms with E-state index in [1.54, 1.807) is 24.3 Å². The fourth-order valence-electron chi connectivity index (χ4n) is 2.11. The molecule has 0 aliphatic heterocycles. The van der Waals surface area contributed by atoms with E-state index in [2.05, 4.69) is 10.3 Å². The molecule has 0 fully saturated rings. The normalized spacial score (nSPS) is 9.81. The summed E-state index contributed by atoms with van der Waals surface area (Å²) in [7, 11) is 0. The lowest BCUT2D eigenvalue weighted by Crippen LogP contribution is -2.11. The van der Waals surface area contributed by atoms with Gasteiger partial charge in [0, 0.05) is 29.1 Å². The second kappa shape index (κ2) is 8.92. The Morgan fingerprint density at radius 2 is 1.62 bits per heavy atom. The number of nitrogens with one attached hydrogen (secondary N) is 1. The van der Waals surface area contributed by atoms with Crippen LogP contribution in [0.1, 0.15) is 40.9 Å². The van der Waals surface area contributed by atoms with Crippen LogP contribution in [0.2, 0.25) is 0 Å². The van der Waals surface area contributed by atoms with Crippen LogP contribution >= 0.6 is 11.3 Å². The van der Waals surface area contributed by atoms with Crippen LogP contribution in [0.15, 0.2) is 53.9 Å². The number of Topliss-reactive ketones (excluding diaryl/α,β-unsaturated/α-hetero) is 1. The molecular formula is C20H20N2O3S. The highest BCUT2D eigenvalue weighted by molar-refractivity contribution is 7.12. The number of ketones is 1. The van der Waals surface area contributed by atoms with Crippen molar-refractivity contribution >= 4 is 28.7 Å². The summed E-state index contributed by atoms with van der Waals surface area (Å²) >= 11 is 1.31. The molecule has 1 amide bonds. The van der Waals surface area contributed by atoms with Crippen LogP contribution in [0.4, 0.5) is 5.69 Å². The molecule has 3 rings (SSSR count). The van der Waals surface area contributed by atoms with Gasteiger partial charge in [-0.1, -0.05) is 26.0 Å². The smallest absolute Gasteiger partial charge is 0.255 e. The number of hydrogen-bond acceptors (Lipinski definition) is 5. The van der Waals surface area contributed by atoms with Crippen LogP contribution in [0.3, 0.4) is 0 Å². The Kier molecular flexibility index (Phi) is 6.63. The highest BCUT2D eigenvalue weighted by atomic mass is 32.1. The van der Waals surface area contributed by atoms with Crippen LogP contribution in [0.5, 0.6) is 5.75 Å². The Morgan fingerprint density at radius 3 is 2.15 bits per heavy atom. The minimum Gasteiger partial charge on any atom is -0.508 e. The van der Waals surface area contributed by atoms with Crippen molar-refractivity contribution in [3.63, 3.8) is 0 Å². The number of benzene rings is 2. The van der Waals surface area contributed by atoms with Crippen molar-refractivity contribution in [3.05, 3.63) is 64.5 Å². The van der Waals surface area contributed by atoms with Crippen molar-refractivity contribution in [2.24, 2.45) is 0 Å². The number of hydrogen-bond donors (Lipinski definition) is 2. The molecule has 5 nitrogen and oxygen atoms in total. The maximum absolute atomic E-state index is 12.1. The van der Waals surface area contributed by atoms with E-state index < -0.39 is 0 Å². The van der Waals surface area contributed by atoms with E-state index >= 15 is 0 Å². The zero-order valence-electron chi connectivity index (χ0n) is 14.8. The zero-order valence-corrected chi connectivity index (χ0v) is 15.6. The fourth-order valence-corrected chi connectivity index (χ4v) is 2.84. The Morgan fingerprint density at radius 1 is 1.00 bits per heavy atom. The molecule has 1 heterocycles. The largest absolute Gasteiger partial charge is 0.508 e. The molecule has 1 aromatic heterocycles. The van der Waals surface area contributed by atoms with E-state index in [0.717, 1.165) is 11.3 Å². The van der Waals surface area contributed by atoms with Gasteiger partial charge in [0.2, 0.25) is 0 Å². The average Bonchev–Trinajstić information content (AvgIpc) is 3.15. The molecule has 26 heavy (non-hydrogen) atoms. The number of aromatic nitrogens is 1. The van der Waals surface area contributed by atoms with Gasteiger partial charge in [-0.15, -0.1) is 11.3 Å². The minimum atomic E-state index is -0.254. The molecule has 0 saturated heterocycles. The quantitative estimate of drug-likeness (QED) is 0.635. The third kappa shape index (κ3) is 4.77. The molecule has 2 aromatic carbocycles. The molecule has 0 atom stereocenters. The summed E-state index contributed by atoms with van der Waals surface area (Å²) < 4.78 is 0. The summed E-state index contributed by atoms with van der Waals surface area (Å²) in [6.45, 7) is 5.49. The summed E-state index contributed by atoms with van der Waals surface area (Å²) in [6, 6.07) is 13.3. The number of thiazole rings is 1. The Hall–Kier alpha value is -2.99. The first-order chi connectivity index (χ1) is 12.5. The van der Waals surface area contributed by atoms with Crippen molar-refractivity contribution in [1.29, 1.82) is 0 Å². The van der Waals surface area contributed by atoms with Gasteiger partial charge < -0.3 is 10.4 Å². The SMILES string of the molecule is CC.CC(=O)c1nc(-c2ccc(NC(=O)c3ccc(O)cc3)cc2)cs1. The standard InChI is InChI=1S/C18H14N2O3S.C2H6/c1-11(21)18-20-16(10-24-18)12-2-6-14(7-3-12)19-17(23)13-4-8-15(22)9-5-13;1-2/h2-10,22H,1H3,(H,19,23);1-2H3. The molecule has 0 bridgehead atoms. The highest BCUT2D eigenvalue weighted by Gasteiger charge is 2.09. The van der Waals surface area contributed by atoms with Gasteiger partial charge in [0.1, 0.15) is 5.75 Å². The van der Waals surface area contributed by atoms with Crippen molar-refractivity contribution in [1.82, 2.24) is 4.98 Å². The zero-order chi connectivity index (χ0) is 19.1. The molecule has 134 valence electrons. The fraction of sp³-hybridized carbons (Fsp3) is 0.150.